The molecule has 0 fully saturated rings. The fraction of sp³-hybridized carbons (Fsp3) is 0.500. The highest BCUT2D eigenvalue weighted by Gasteiger charge is 2.37. The van der Waals surface area contributed by atoms with Gasteiger partial charge in [-0.05, 0) is 12.0 Å². The monoisotopic (exact) mass is 294 g/mol. The van der Waals surface area contributed by atoms with E-state index in [4.69, 9.17) is 33.2 Å². The van der Waals surface area contributed by atoms with Gasteiger partial charge in [0.2, 0.25) is 0 Å². The van der Waals surface area contributed by atoms with Gasteiger partial charge in [0, 0.05) is 5.54 Å². The second-order valence-electron chi connectivity index (χ2n) is 4.00. The van der Waals surface area contributed by atoms with Crippen molar-refractivity contribution in [2.75, 3.05) is 0 Å². The maximum Gasteiger partial charge on any atom is 0.348 e. The molecule has 0 heterocycles. The summed E-state index contributed by atoms with van der Waals surface area (Å²) in [6.07, 6.45) is 4.53. The Morgan fingerprint density at radius 1 is 1.06 bits per heavy atom. The van der Waals surface area contributed by atoms with E-state index in [-0.39, 0.29) is 5.54 Å². The number of hydrogen-bond donors (Lipinski definition) is 0. The van der Waals surface area contributed by atoms with Crippen molar-refractivity contribution in [1.82, 2.24) is 0 Å². The van der Waals surface area contributed by atoms with Crippen LogP contribution in [0, 0.1) is 0 Å². The van der Waals surface area contributed by atoms with Crippen LogP contribution in [-0.2, 0) is 0 Å². The molecule has 16 heavy (non-hydrogen) atoms. The summed E-state index contributed by atoms with van der Waals surface area (Å²) in [6.45, 7) is 2.18. The summed E-state index contributed by atoms with van der Waals surface area (Å²) in [5.74, 6) is 0. The molecule has 4 heteroatoms. The molecular formula is C12H17Cl3Si. The zero-order chi connectivity index (χ0) is 12.0. The van der Waals surface area contributed by atoms with Crippen molar-refractivity contribution in [2.45, 2.75) is 38.1 Å². The third-order valence-corrected chi connectivity index (χ3v) is 6.48. The Balaban J connectivity index is 2.73. The molecule has 0 saturated heterocycles. The average molecular weight is 296 g/mol. The molecule has 0 spiro atoms. The summed E-state index contributed by atoms with van der Waals surface area (Å²) in [5, 5.41) is 0. The third-order valence-electron chi connectivity index (χ3n) is 2.69. The molecule has 1 rings (SSSR count). The van der Waals surface area contributed by atoms with Gasteiger partial charge in [-0.15, -0.1) is 33.2 Å². The number of halogens is 3. The van der Waals surface area contributed by atoms with Crippen molar-refractivity contribution in [2.24, 2.45) is 0 Å². The van der Waals surface area contributed by atoms with Crippen LogP contribution in [-0.4, -0.2) is 6.00 Å². The van der Waals surface area contributed by atoms with E-state index in [1.807, 2.05) is 18.2 Å². The van der Waals surface area contributed by atoms with Crippen molar-refractivity contribution in [3.8, 4) is 0 Å². The Labute approximate surface area is 113 Å². The molecule has 0 bridgehead atoms. The minimum Gasteiger partial charge on any atom is -0.125 e. The van der Waals surface area contributed by atoms with E-state index in [9.17, 15) is 0 Å². The maximum absolute atomic E-state index is 6.18. The predicted octanol–water partition coefficient (Wildman–Crippen LogP) is 5.55. The average Bonchev–Trinajstić information content (AvgIpc) is 2.24. The van der Waals surface area contributed by atoms with Gasteiger partial charge in [0.1, 0.15) is 0 Å². The first-order chi connectivity index (χ1) is 7.55. The summed E-state index contributed by atoms with van der Waals surface area (Å²) >= 11 is 18.5. The normalized spacial score (nSPS) is 13.8. The van der Waals surface area contributed by atoms with Gasteiger partial charge < -0.3 is 0 Å². The Kier molecular flexibility index (Phi) is 6.20. The van der Waals surface area contributed by atoms with Crippen molar-refractivity contribution in [1.29, 1.82) is 0 Å². The highest BCUT2D eigenvalue weighted by Crippen LogP contribution is 2.39. The zero-order valence-electron chi connectivity index (χ0n) is 9.43. The van der Waals surface area contributed by atoms with Crippen LogP contribution in [0.4, 0.5) is 0 Å². The van der Waals surface area contributed by atoms with Crippen LogP contribution in [0.5, 0.6) is 0 Å². The van der Waals surface area contributed by atoms with Crippen LogP contribution in [0.3, 0.4) is 0 Å². The fourth-order valence-electron chi connectivity index (χ4n) is 1.80. The molecule has 0 aromatic heterocycles. The molecule has 0 aliphatic carbocycles. The molecule has 0 unspecified atom stereocenters. The highest BCUT2D eigenvalue weighted by molar-refractivity contribution is 7.65. The number of rotatable bonds is 6. The van der Waals surface area contributed by atoms with E-state index < -0.39 is 6.00 Å². The van der Waals surface area contributed by atoms with Crippen LogP contribution in [0.15, 0.2) is 30.3 Å². The molecule has 1 atom stereocenters. The SMILES string of the molecule is CCCCC[C@H](c1ccccc1)[Si](Cl)(Cl)Cl. The molecule has 0 N–H and O–H groups in total. The molecular weight excluding hydrogens is 279 g/mol. The lowest BCUT2D eigenvalue weighted by atomic mass is 10.1. The van der Waals surface area contributed by atoms with E-state index in [2.05, 4.69) is 19.1 Å². The van der Waals surface area contributed by atoms with Crippen molar-refractivity contribution in [3.05, 3.63) is 35.9 Å². The van der Waals surface area contributed by atoms with E-state index in [1.54, 1.807) is 0 Å². The van der Waals surface area contributed by atoms with Crippen LogP contribution in [0.2, 0.25) is 0 Å². The van der Waals surface area contributed by atoms with Crippen LogP contribution >= 0.6 is 33.2 Å². The quantitative estimate of drug-likeness (QED) is 0.367. The summed E-state index contributed by atoms with van der Waals surface area (Å²) in [4.78, 5) is 0. The van der Waals surface area contributed by atoms with Gasteiger partial charge in [0.15, 0.2) is 0 Å². The third kappa shape index (κ3) is 4.66. The highest BCUT2D eigenvalue weighted by atomic mass is 35.8. The Bertz CT molecular complexity index is 295. The summed E-state index contributed by atoms with van der Waals surface area (Å²) < 4.78 is 0. The van der Waals surface area contributed by atoms with Crippen molar-refractivity contribution in [3.63, 3.8) is 0 Å². The maximum atomic E-state index is 6.18. The second kappa shape index (κ2) is 6.90. The van der Waals surface area contributed by atoms with Crippen LogP contribution < -0.4 is 0 Å². The lowest BCUT2D eigenvalue weighted by molar-refractivity contribution is 0.651. The molecule has 1 aromatic carbocycles. The molecule has 0 amide bonds. The lowest BCUT2D eigenvalue weighted by Gasteiger charge is -2.22. The summed E-state index contributed by atoms with van der Waals surface area (Å²) in [6, 6.07) is 7.47. The van der Waals surface area contributed by atoms with Gasteiger partial charge in [-0.2, -0.15) is 0 Å². The summed E-state index contributed by atoms with van der Waals surface area (Å²) in [7, 11) is 0. The minimum atomic E-state index is -2.66. The first-order valence-electron chi connectivity index (χ1n) is 5.67. The molecule has 1 aromatic rings. The van der Waals surface area contributed by atoms with E-state index in [0.717, 1.165) is 12.8 Å². The Morgan fingerprint density at radius 3 is 2.19 bits per heavy atom. The van der Waals surface area contributed by atoms with E-state index in [1.165, 1.54) is 18.4 Å². The van der Waals surface area contributed by atoms with Gasteiger partial charge in [0.25, 0.3) is 0 Å². The molecule has 90 valence electrons. The molecule has 0 radical (unpaired) electrons. The van der Waals surface area contributed by atoms with Gasteiger partial charge in [-0.1, -0.05) is 56.5 Å². The van der Waals surface area contributed by atoms with Crippen LogP contribution in [0.25, 0.3) is 0 Å². The Hall–Kier alpha value is 0.307. The van der Waals surface area contributed by atoms with Crippen LogP contribution in [0.1, 0.15) is 43.7 Å². The smallest absolute Gasteiger partial charge is 0.125 e. The van der Waals surface area contributed by atoms with Crippen molar-refractivity contribution >= 4 is 39.2 Å². The minimum absolute atomic E-state index is 0.130. The molecule has 0 aliphatic rings. The number of benzene rings is 1. The van der Waals surface area contributed by atoms with Gasteiger partial charge >= 0.3 is 6.00 Å². The predicted molar refractivity (Wildman–Crippen MR) is 76.6 cm³/mol. The Morgan fingerprint density at radius 2 is 1.69 bits per heavy atom. The van der Waals surface area contributed by atoms with Gasteiger partial charge in [0.05, 0.1) is 0 Å². The zero-order valence-corrected chi connectivity index (χ0v) is 12.7. The van der Waals surface area contributed by atoms with Gasteiger partial charge in [-0.3, -0.25) is 0 Å². The molecule has 0 nitrogen and oxygen atoms in total. The standard InChI is InChI=1S/C12H17Cl3Si/c1-2-3-5-10-12(16(13,14)15)11-8-6-4-7-9-11/h4,6-9,12H,2-3,5,10H2,1H3/t12-/m1/s1. The van der Waals surface area contributed by atoms with Crippen molar-refractivity contribution < 1.29 is 0 Å². The summed E-state index contributed by atoms with van der Waals surface area (Å²) in [5.41, 5.74) is 1.30. The van der Waals surface area contributed by atoms with E-state index >= 15 is 0 Å². The first-order valence-corrected chi connectivity index (χ1v) is 10.8. The van der Waals surface area contributed by atoms with Gasteiger partial charge in [-0.25, -0.2) is 0 Å². The number of hydrogen-bond acceptors (Lipinski definition) is 0. The fourth-order valence-corrected chi connectivity index (χ4v) is 5.02. The molecule has 0 aliphatic heterocycles. The number of unbranched alkanes of at least 4 members (excludes halogenated alkanes) is 2. The lowest BCUT2D eigenvalue weighted by Crippen LogP contribution is -2.23. The largest absolute Gasteiger partial charge is 0.348 e. The molecule has 0 saturated carbocycles. The second-order valence-corrected chi connectivity index (χ2v) is 12.9. The topological polar surface area (TPSA) is 0 Å². The van der Waals surface area contributed by atoms with E-state index in [0.29, 0.717) is 0 Å². The first kappa shape index (κ1) is 14.4.